The SMILES string of the molecule is CC/C=C\C/C=C\C/C=C\C/C=C\C/C=C\C/C=C\CCC(=O)O[C@H](COC(=O)CCC/C=C\C/C=C\CC1OC1C/C=C\CCCCC)COP(=O)(O)O. The molecule has 10 heteroatoms. The summed E-state index contributed by atoms with van der Waals surface area (Å²) in [6.07, 6.45) is 52.8. The second kappa shape index (κ2) is 35.1. The van der Waals surface area contributed by atoms with Gasteiger partial charge >= 0.3 is 19.8 Å². The van der Waals surface area contributed by atoms with E-state index in [0.717, 1.165) is 64.2 Å². The van der Waals surface area contributed by atoms with Crippen LogP contribution in [0.1, 0.15) is 129 Å². The number of esters is 2. The Hall–Kier alpha value is -3.33. The smallest absolute Gasteiger partial charge is 0.462 e. The van der Waals surface area contributed by atoms with Gasteiger partial charge in [0, 0.05) is 12.8 Å². The summed E-state index contributed by atoms with van der Waals surface area (Å²) in [4.78, 5) is 42.8. The van der Waals surface area contributed by atoms with Crippen molar-refractivity contribution < 1.29 is 42.7 Å². The van der Waals surface area contributed by atoms with E-state index in [2.05, 4.69) is 110 Å². The van der Waals surface area contributed by atoms with Gasteiger partial charge in [-0.1, -0.05) is 136 Å². The molecule has 0 saturated carbocycles. The van der Waals surface area contributed by atoms with Crippen LogP contribution in [0.2, 0.25) is 0 Å². The van der Waals surface area contributed by atoms with Gasteiger partial charge < -0.3 is 24.0 Å². The highest BCUT2D eigenvalue weighted by molar-refractivity contribution is 7.46. The molecule has 2 N–H and O–H groups in total. The summed E-state index contributed by atoms with van der Waals surface area (Å²) in [6, 6.07) is 0. The molecule has 9 nitrogen and oxygen atoms in total. The predicted molar refractivity (Wildman–Crippen MR) is 224 cm³/mol. The molecule has 0 aromatic carbocycles. The number of hydrogen-bond acceptors (Lipinski definition) is 7. The quantitative estimate of drug-likeness (QED) is 0.0215. The molecule has 0 aromatic rings. The number of rotatable bonds is 34. The molecule has 1 aliphatic rings. The number of ether oxygens (including phenoxy) is 3. The van der Waals surface area contributed by atoms with Gasteiger partial charge in [0.1, 0.15) is 6.61 Å². The fourth-order valence-corrected chi connectivity index (χ4v) is 5.44. The summed E-state index contributed by atoms with van der Waals surface area (Å²) in [5, 5.41) is 0. The van der Waals surface area contributed by atoms with Crippen molar-refractivity contribution in [3.05, 3.63) is 109 Å². The van der Waals surface area contributed by atoms with Crippen molar-refractivity contribution >= 4 is 19.8 Å². The second-order valence-corrected chi connectivity index (χ2v) is 14.5. The van der Waals surface area contributed by atoms with E-state index in [1.807, 2.05) is 18.2 Å². The summed E-state index contributed by atoms with van der Waals surface area (Å²) in [5.41, 5.74) is 0. The summed E-state index contributed by atoms with van der Waals surface area (Å²) in [5.74, 6) is -1.07. The number of allylic oxidation sites excluding steroid dienone is 16. The van der Waals surface area contributed by atoms with Gasteiger partial charge in [-0.2, -0.15) is 0 Å². The molecule has 0 aliphatic carbocycles. The number of epoxide rings is 1. The fraction of sp³-hybridized carbons (Fsp3) is 0.556. The lowest BCUT2D eigenvalue weighted by atomic mass is 10.1. The highest BCUT2D eigenvalue weighted by Crippen LogP contribution is 2.36. The van der Waals surface area contributed by atoms with Crippen LogP contribution < -0.4 is 0 Å². The fourth-order valence-electron chi connectivity index (χ4n) is 5.08. The predicted octanol–water partition coefficient (Wildman–Crippen LogP) is 11.4. The standard InChI is InChI=1S/C45H69O9P/c1-3-5-7-9-11-12-13-14-15-16-17-18-19-20-21-22-25-30-34-38-45(47)53-41(40-52-55(48,49)50)39-51-44(46)37-33-29-26-23-24-28-32-36-43-42(54-43)35-31-27-10-8-6-4-2/h5,7,11-12,14-15,17-18,20-21,23,25-28,30-32,41-43H,3-4,6,8-10,13,16,19,22,24,29,33-40H2,1-2H3,(H2,48,49,50)/b7-5-,12-11-,15-14-,18-17-,21-20-,26-23-,30-25-,31-27-,32-28-/t41-,42?,43?/m1/s1. The van der Waals surface area contributed by atoms with E-state index in [1.165, 1.54) is 19.3 Å². The van der Waals surface area contributed by atoms with Crippen LogP contribution >= 0.6 is 7.82 Å². The molecule has 0 bridgehead atoms. The van der Waals surface area contributed by atoms with E-state index in [-0.39, 0.29) is 19.4 Å². The summed E-state index contributed by atoms with van der Waals surface area (Å²) >= 11 is 0. The zero-order valence-electron chi connectivity index (χ0n) is 33.5. The van der Waals surface area contributed by atoms with Crippen molar-refractivity contribution in [1.82, 2.24) is 0 Å². The minimum absolute atomic E-state index is 0.0653. The topological polar surface area (TPSA) is 132 Å². The zero-order valence-corrected chi connectivity index (χ0v) is 34.4. The molecule has 3 atom stereocenters. The molecule has 1 heterocycles. The number of phosphoric acid groups is 1. The highest BCUT2D eigenvalue weighted by Gasteiger charge is 2.36. The molecule has 0 amide bonds. The lowest BCUT2D eigenvalue weighted by Gasteiger charge is -2.18. The Morgan fingerprint density at radius 2 is 1.05 bits per heavy atom. The van der Waals surface area contributed by atoms with Crippen LogP contribution in [0.3, 0.4) is 0 Å². The van der Waals surface area contributed by atoms with Gasteiger partial charge in [0.25, 0.3) is 0 Å². The Morgan fingerprint density at radius 3 is 1.60 bits per heavy atom. The van der Waals surface area contributed by atoms with Gasteiger partial charge in [0.2, 0.25) is 0 Å². The molecule has 0 spiro atoms. The minimum Gasteiger partial charge on any atom is -0.462 e. The van der Waals surface area contributed by atoms with Crippen LogP contribution in [0, 0.1) is 0 Å². The second-order valence-electron chi connectivity index (χ2n) is 13.3. The Balaban J connectivity index is 2.19. The average Bonchev–Trinajstić information content (AvgIpc) is 3.91. The number of phosphoric ester groups is 1. The Bertz CT molecular complexity index is 1320. The number of carbonyl (C=O) groups excluding carboxylic acids is 2. The zero-order chi connectivity index (χ0) is 40.1. The number of unbranched alkanes of at least 4 members (excludes halogenated alkanes) is 4. The van der Waals surface area contributed by atoms with Gasteiger partial charge in [-0.15, -0.1) is 0 Å². The van der Waals surface area contributed by atoms with E-state index >= 15 is 0 Å². The Kier molecular flexibility index (Phi) is 31.7. The third kappa shape index (κ3) is 34.9. The lowest BCUT2D eigenvalue weighted by molar-refractivity contribution is -0.161. The van der Waals surface area contributed by atoms with E-state index in [1.54, 1.807) is 0 Å². The summed E-state index contributed by atoms with van der Waals surface area (Å²) in [6.45, 7) is 3.40. The first-order valence-electron chi connectivity index (χ1n) is 20.3. The molecule has 55 heavy (non-hydrogen) atoms. The van der Waals surface area contributed by atoms with Crippen molar-refractivity contribution in [3.8, 4) is 0 Å². The minimum atomic E-state index is -4.80. The van der Waals surface area contributed by atoms with Crippen LogP contribution in [0.5, 0.6) is 0 Å². The van der Waals surface area contributed by atoms with E-state index in [0.29, 0.717) is 31.5 Å². The maximum atomic E-state index is 12.4. The molecule has 0 radical (unpaired) electrons. The van der Waals surface area contributed by atoms with Crippen LogP contribution in [-0.2, 0) is 32.9 Å². The summed E-state index contributed by atoms with van der Waals surface area (Å²) in [7, 11) is -4.80. The monoisotopic (exact) mass is 784 g/mol. The Morgan fingerprint density at radius 1 is 0.582 bits per heavy atom. The molecular formula is C45H69O9P. The third-order valence-corrected chi connectivity index (χ3v) is 8.68. The maximum Gasteiger partial charge on any atom is 0.469 e. The first-order chi connectivity index (χ1) is 26.7. The maximum absolute atomic E-state index is 12.4. The average molecular weight is 785 g/mol. The van der Waals surface area contributed by atoms with Gasteiger partial charge in [-0.25, -0.2) is 4.57 Å². The van der Waals surface area contributed by atoms with E-state index < -0.39 is 32.5 Å². The van der Waals surface area contributed by atoms with Gasteiger partial charge in [-0.05, 0) is 89.9 Å². The van der Waals surface area contributed by atoms with Crippen LogP contribution in [0.4, 0.5) is 0 Å². The molecular weight excluding hydrogens is 715 g/mol. The van der Waals surface area contributed by atoms with Crippen molar-refractivity contribution in [2.45, 2.75) is 148 Å². The van der Waals surface area contributed by atoms with Crippen LogP contribution in [-0.4, -0.2) is 53.3 Å². The molecule has 0 aromatic heterocycles. The molecule has 1 aliphatic heterocycles. The molecule has 1 saturated heterocycles. The van der Waals surface area contributed by atoms with Crippen molar-refractivity contribution in [3.63, 3.8) is 0 Å². The van der Waals surface area contributed by atoms with E-state index in [9.17, 15) is 14.2 Å². The van der Waals surface area contributed by atoms with Crippen molar-refractivity contribution in [2.24, 2.45) is 0 Å². The molecule has 1 rings (SSSR count). The van der Waals surface area contributed by atoms with Crippen molar-refractivity contribution in [2.75, 3.05) is 13.2 Å². The van der Waals surface area contributed by atoms with Crippen LogP contribution in [0.25, 0.3) is 0 Å². The number of carbonyl (C=O) groups is 2. The largest absolute Gasteiger partial charge is 0.469 e. The summed E-state index contributed by atoms with van der Waals surface area (Å²) < 4.78 is 32.0. The third-order valence-electron chi connectivity index (χ3n) is 8.19. The lowest BCUT2D eigenvalue weighted by Crippen LogP contribution is -2.29. The first kappa shape index (κ1) is 49.7. The normalized spacial score (nSPS) is 17.3. The molecule has 1 fully saturated rings. The van der Waals surface area contributed by atoms with Gasteiger partial charge in [0.15, 0.2) is 6.10 Å². The highest BCUT2D eigenvalue weighted by atomic mass is 31.2. The van der Waals surface area contributed by atoms with Crippen LogP contribution in [0.15, 0.2) is 109 Å². The van der Waals surface area contributed by atoms with Gasteiger partial charge in [0.05, 0.1) is 18.8 Å². The molecule has 308 valence electrons. The first-order valence-corrected chi connectivity index (χ1v) is 21.8. The molecule has 2 unspecified atom stereocenters. The number of hydrogen-bond donors (Lipinski definition) is 2. The Labute approximate surface area is 331 Å². The van der Waals surface area contributed by atoms with E-state index in [4.69, 9.17) is 24.0 Å². The van der Waals surface area contributed by atoms with Gasteiger partial charge in [-0.3, -0.25) is 14.1 Å². The van der Waals surface area contributed by atoms with Crippen molar-refractivity contribution in [1.29, 1.82) is 0 Å².